The smallest absolute Gasteiger partial charge is 0.387 e. The predicted octanol–water partition coefficient (Wildman–Crippen LogP) is 2.84. The fourth-order valence-electron chi connectivity index (χ4n) is 2.18. The number of hydrogen-bond acceptors (Lipinski definition) is 5. The van der Waals surface area contributed by atoms with Gasteiger partial charge in [0.25, 0.3) is 5.91 Å². The van der Waals surface area contributed by atoms with Crippen molar-refractivity contribution in [3.63, 3.8) is 0 Å². The minimum Gasteiger partial charge on any atom is -0.490 e. The highest BCUT2D eigenvalue weighted by atomic mass is 19.3. The Labute approximate surface area is 160 Å². The molecule has 0 bridgehead atoms. The molecule has 1 aromatic heterocycles. The SMILES string of the molecule is CCOc1cc(/C=C/C(=O)NCCNC(=O)c2ccco2)ccc1OC(F)F. The molecule has 2 amide bonds. The molecule has 0 radical (unpaired) electrons. The predicted molar refractivity (Wildman–Crippen MR) is 97.3 cm³/mol. The van der Waals surface area contributed by atoms with Gasteiger partial charge in [0.2, 0.25) is 5.91 Å². The molecule has 0 saturated carbocycles. The largest absolute Gasteiger partial charge is 0.490 e. The van der Waals surface area contributed by atoms with Crippen molar-refractivity contribution >= 4 is 17.9 Å². The van der Waals surface area contributed by atoms with Crippen molar-refractivity contribution in [2.75, 3.05) is 19.7 Å². The quantitative estimate of drug-likeness (QED) is 0.478. The second-order valence-corrected chi connectivity index (χ2v) is 5.38. The molecule has 0 aliphatic rings. The van der Waals surface area contributed by atoms with E-state index >= 15 is 0 Å². The molecule has 150 valence electrons. The Hall–Kier alpha value is -3.36. The number of halogens is 2. The molecule has 0 spiro atoms. The highest BCUT2D eigenvalue weighted by Crippen LogP contribution is 2.30. The zero-order valence-corrected chi connectivity index (χ0v) is 15.1. The summed E-state index contributed by atoms with van der Waals surface area (Å²) in [7, 11) is 0. The third-order valence-electron chi connectivity index (χ3n) is 3.37. The molecule has 1 heterocycles. The second kappa shape index (κ2) is 10.7. The lowest BCUT2D eigenvalue weighted by molar-refractivity contribution is -0.116. The lowest BCUT2D eigenvalue weighted by Crippen LogP contribution is -2.33. The summed E-state index contributed by atoms with van der Waals surface area (Å²) < 4.78 is 39.4. The van der Waals surface area contributed by atoms with Gasteiger partial charge in [-0.1, -0.05) is 6.07 Å². The van der Waals surface area contributed by atoms with Gasteiger partial charge in [-0.05, 0) is 42.8 Å². The molecule has 7 nitrogen and oxygen atoms in total. The Kier molecular flexibility index (Phi) is 8.01. The summed E-state index contributed by atoms with van der Waals surface area (Å²) in [5.74, 6) is -0.477. The van der Waals surface area contributed by atoms with E-state index in [1.165, 1.54) is 42.7 Å². The molecule has 0 atom stereocenters. The van der Waals surface area contributed by atoms with Gasteiger partial charge < -0.3 is 24.5 Å². The number of alkyl halides is 2. The number of benzene rings is 1. The van der Waals surface area contributed by atoms with E-state index in [1.807, 2.05) is 0 Å². The molecular formula is C19H20F2N2O5. The van der Waals surface area contributed by atoms with E-state index in [9.17, 15) is 18.4 Å². The standard InChI is InChI=1S/C19H20F2N2O5/c1-2-26-16-12-13(5-7-14(16)28-19(20)21)6-8-17(24)22-9-10-23-18(25)15-4-3-11-27-15/h3-8,11-12,19H,2,9-10H2,1H3,(H,22,24)(H,23,25)/b8-6+. The molecule has 0 saturated heterocycles. The van der Waals surface area contributed by atoms with Gasteiger partial charge in [-0.3, -0.25) is 9.59 Å². The first-order chi connectivity index (χ1) is 13.5. The summed E-state index contributed by atoms with van der Waals surface area (Å²) in [5, 5.41) is 5.20. The van der Waals surface area contributed by atoms with Crippen molar-refractivity contribution in [1.29, 1.82) is 0 Å². The number of furan rings is 1. The summed E-state index contributed by atoms with van der Waals surface area (Å²) in [6.07, 6.45) is 4.18. The number of nitrogens with one attached hydrogen (secondary N) is 2. The zero-order chi connectivity index (χ0) is 20.4. The van der Waals surface area contributed by atoms with E-state index in [2.05, 4.69) is 15.4 Å². The summed E-state index contributed by atoms with van der Waals surface area (Å²) in [6, 6.07) is 7.50. The summed E-state index contributed by atoms with van der Waals surface area (Å²) in [5.41, 5.74) is 0.575. The first-order valence-corrected chi connectivity index (χ1v) is 8.49. The lowest BCUT2D eigenvalue weighted by Gasteiger charge is -2.11. The van der Waals surface area contributed by atoms with Crippen molar-refractivity contribution < 1.29 is 32.3 Å². The van der Waals surface area contributed by atoms with Gasteiger partial charge >= 0.3 is 6.61 Å². The van der Waals surface area contributed by atoms with Gasteiger partial charge in [-0.15, -0.1) is 0 Å². The summed E-state index contributed by atoms with van der Waals surface area (Å²) >= 11 is 0. The maximum absolute atomic E-state index is 12.4. The molecule has 28 heavy (non-hydrogen) atoms. The van der Waals surface area contributed by atoms with Crippen LogP contribution in [0.15, 0.2) is 47.1 Å². The minimum absolute atomic E-state index is 0.0780. The molecular weight excluding hydrogens is 374 g/mol. The van der Waals surface area contributed by atoms with Crippen LogP contribution in [0.25, 0.3) is 6.08 Å². The summed E-state index contributed by atoms with van der Waals surface area (Å²) in [6.45, 7) is -0.516. The van der Waals surface area contributed by atoms with Gasteiger partial charge in [0.05, 0.1) is 12.9 Å². The Bertz CT molecular complexity index is 807. The first-order valence-electron chi connectivity index (χ1n) is 8.49. The number of carbonyl (C=O) groups excluding carboxylic acids is 2. The number of hydrogen-bond donors (Lipinski definition) is 2. The van der Waals surface area contributed by atoms with Crippen molar-refractivity contribution in [2.45, 2.75) is 13.5 Å². The molecule has 2 N–H and O–H groups in total. The van der Waals surface area contributed by atoms with Crippen LogP contribution in [0, 0.1) is 0 Å². The lowest BCUT2D eigenvalue weighted by atomic mass is 10.2. The zero-order valence-electron chi connectivity index (χ0n) is 15.1. The van der Waals surface area contributed by atoms with Gasteiger partial charge in [0.15, 0.2) is 17.3 Å². The average molecular weight is 394 g/mol. The number of ether oxygens (including phenoxy) is 2. The Balaban J connectivity index is 1.82. The van der Waals surface area contributed by atoms with Gasteiger partial charge in [-0.25, -0.2) is 0 Å². The van der Waals surface area contributed by atoms with Crippen LogP contribution in [0.2, 0.25) is 0 Å². The van der Waals surface area contributed by atoms with Crippen LogP contribution in [-0.2, 0) is 4.79 Å². The molecule has 2 rings (SSSR count). The molecule has 0 aliphatic heterocycles. The van der Waals surface area contributed by atoms with Crippen LogP contribution in [-0.4, -0.2) is 38.1 Å². The monoisotopic (exact) mass is 394 g/mol. The third-order valence-corrected chi connectivity index (χ3v) is 3.37. The Morgan fingerprint density at radius 1 is 1.18 bits per heavy atom. The molecule has 0 aliphatic carbocycles. The van der Waals surface area contributed by atoms with E-state index in [4.69, 9.17) is 9.15 Å². The van der Waals surface area contributed by atoms with Crippen LogP contribution >= 0.6 is 0 Å². The van der Waals surface area contributed by atoms with E-state index in [-0.39, 0.29) is 48.8 Å². The number of rotatable bonds is 10. The van der Waals surface area contributed by atoms with E-state index < -0.39 is 6.61 Å². The molecule has 0 fully saturated rings. The molecule has 2 aromatic rings. The van der Waals surface area contributed by atoms with Crippen LogP contribution < -0.4 is 20.1 Å². The van der Waals surface area contributed by atoms with Crippen LogP contribution in [0.3, 0.4) is 0 Å². The molecule has 9 heteroatoms. The topological polar surface area (TPSA) is 89.8 Å². The molecule has 1 aromatic carbocycles. The van der Waals surface area contributed by atoms with E-state index in [0.29, 0.717) is 5.56 Å². The van der Waals surface area contributed by atoms with Crippen LogP contribution in [0.4, 0.5) is 8.78 Å². The average Bonchev–Trinajstić information content (AvgIpc) is 3.20. The maximum Gasteiger partial charge on any atom is 0.387 e. The maximum atomic E-state index is 12.4. The van der Waals surface area contributed by atoms with Gasteiger partial charge in [0.1, 0.15) is 0 Å². The first kappa shape index (κ1) is 20.9. The van der Waals surface area contributed by atoms with Crippen LogP contribution in [0.1, 0.15) is 23.0 Å². The molecule has 0 unspecified atom stereocenters. The van der Waals surface area contributed by atoms with Crippen LogP contribution in [0.5, 0.6) is 11.5 Å². The Morgan fingerprint density at radius 3 is 2.64 bits per heavy atom. The third kappa shape index (κ3) is 6.75. The number of carbonyl (C=O) groups is 2. The fourth-order valence-corrected chi connectivity index (χ4v) is 2.18. The van der Waals surface area contributed by atoms with E-state index in [0.717, 1.165) is 0 Å². The highest BCUT2D eigenvalue weighted by Gasteiger charge is 2.11. The fraction of sp³-hybridized carbons (Fsp3) is 0.263. The minimum atomic E-state index is -2.96. The van der Waals surface area contributed by atoms with E-state index in [1.54, 1.807) is 13.0 Å². The second-order valence-electron chi connectivity index (χ2n) is 5.38. The highest BCUT2D eigenvalue weighted by molar-refractivity contribution is 5.92. The van der Waals surface area contributed by atoms with Gasteiger partial charge in [-0.2, -0.15) is 8.78 Å². The van der Waals surface area contributed by atoms with Crippen molar-refractivity contribution in [3.8, 4) is 11.5 Å². The number of amides is 2. The van der Waals surface area contributed by atoms with Crippen molar-refractivity contribution in [2.24, 2.45) is 0 Å². The normalized spacial score (nSPS) is 10.9. The van der Waals surface area contributed by atoms with Crippen molar-refractivity contribution in [1.82, 2.24) is 10.6 Å². The van der Waals surface area contributed by atoms with Crippen molar-refractivity contribution in [3.05, 3.63) is 54.0 Å². The Morgan fingerprint density at radius 2 is 1.96 bits per heavy atom. The van der Waals surface area contributed by atoms with Gasteiger partial charge in [0, 0.05) is 19.2 Å². The summed E-state index contributed by atoms with van der Waals surface area (Å²) in [4.78, 5) is 23.5.